The molecule has 1 saturated heterocycles. The Morgan fingerprint density at radius 3 is 2.93 bits per heavy atom. The number of hydrogen-bond donors (Lipinski definition) is 2. The number of urea groups is 1. The fourth-order valence-electron chi connectivity index (χ4n) is 5.10. The van der Waals surface area contributed by atoms with Crippen LogP contribution in [0.3, 0.4) is 0 Å². The molecule has 0 radical (unpaired) electrons. The molecular formula is C23H28N6O. The van der Waals surface area contributed by atoms with Crippen LogP contribution in [-0.2, 0) is 13.0 Å². The third kappa shape index (κ3) is 3.54. The van der Waals surface area contributed by atoms with Crippen LogP contribution in [-0.4, -0.2) is 43.5 Å². The summed E-state index contributed by atoms with van der Waals surface area (Å²) in [6.45, 7) is 1.34. The summed E-state index contributed by atoms with van der Waals surface area (Å²) >= 11 is 0. The number of likely N-dealkylation sites (tertiary alicyclic amines) is 1. The number of H-pyrrole nitrogens is 1. The monoisotopic (exact) mass is 404 g/mol. The van der Waals surface area contributed by atoms with Gasteiger partial charge < -0.3 is 15.6 Å². The zero-order chi connectivity index (χ0) is 20.5. The number of aryl methyl sites for hydroxylation is 1. The number of amides is 2. The van der Waals surface area contributed by atoms with E-state index in [1.807, 2.05) is 41.4 Å². The van der Waals surface area contributed by atoms with Crippen molar-refractivity contribution in [3.05, 3.63) is 59.7 Å². The first-order chi connectivity index (χ1) is 14.7. The Bertz CT molecular complexity index is 1010. The van der Waals surface area contributed by atoms with Crippen molar-refractivity contribution in [2.24, 2.45) is 5.73 Å². The Morgan fingerprint density at radius 1 is 1.17 bits per heavy atom. The quantitative estimate of drug-likeness (QED) is 0.693. The van der Waals surface area contributed by atoms with Gasteiger partial charge in [0, 0.05) is 12.7 Å². The lowest BCUT2D eigenvalue weighted by molar-refractivity contribution is -0.00255. The number of carbonyl (C=O) groups is 1. The van der Waals surface area contributed by atoms with Crippen molar-refractivity contribution < 1.29 is 4.79 Å². The number of imidazole rings is 1. The molecule has 2 amide bonds. The molecule has 156 valence electrons. The summed E-state index contributed by atoms with van der Waals surface area (Å²) in [6, 6.07) is 12.1. The summed E-state index contributed by atoms with van der Waals surface area (Å²) in [7, 11) is 0. The summed E-state index contributed by atoms with van der Waals surface area (Å²) in [6.07, 6.45) is 8.04. The molecule has 30 heavy (non-hydrogen) atoms. The van der Waals surface area contributed by atoms with Crippen molar-refractivity contribution in [2.45, 2.75) is 57.3 Å². The Labute approximate surface area is 176 Å². The summed E-state index contributed by atoms with van der Waals surface area (Å²) in [5.74, 6) is 0.911. The number of nitrogens with one attached hydrogen (secondary N) is 1. The Kier molecular flexibility index (Phi) is 5.12. The fraction of sp³-hybridized carbons (Fsp3) is 0.435. The second kappa shape index (κ2) is 8.07. The molecule has 3 heterocycles. The van der Waals surface area contributed by atoms with Crippen LogP contribution in [0.2, 0.25) is 0 Å². The van der Waals surface area contributed by atoms with Crippen LogP contribution in [0.5, 0.6) is 0 Å². The van der Waals surface area contributed by atoms with Crippen LogP contribution in [0.25, 0.3) is 11.0 Å². The van der Waals surface area contributed by atoms with Gasteiger partial charge in [0.15, 0.2) is 0 Å². The molecule has 2 aromatic heterocycles. The maximum Gasteiger partial charge on any atom is 0.316 e. The number of pyridine rings is 1. The van der Waals surface area contributed by atoms with E-state index in [4.69, 9.17) is 15.7 Å². The lowest BCUT2D eigenvalue weighted by atomic mass is 9.89. The van der Waals surface area contributed by atoms with E-state index in [1.54, 1.807) is 0 Å². The van der Waals surface area contributed by atoms with Crippen LogP contribution in [0.1, 0.15) is 55.2 Å². The van der Waals surface area contributed by atoms with Crippen molar-refractivity contribution in [1.82, 2.24) is 24.8 Å². The second-order valence-corrected chi connectivity index (χ2v) is 8.34. The smallest absolute Gasteiger partial charge is 0.316 e. The molecule has 7 heteroatoms. The van der Waals surface area contributed by atoms with Gasteiger partial charge in [-0.25, -0.2) is 9.78 Å². The Morgan fingerprint density at radius 2 is 2.07 bits per heavy atom. The highest BCUT2D eigenvalue weighted by Gasteiger charge is 2.37. The minimum atomic E-state index is -0.341. The maximum absolute atomic E-state index is 12.3. The van der Waals surface area contributed by atoms with E-state index >= 15 is 0 Å². The van der Waals surface area contributed by atoms with Gasteiger partial charge in [0.25, 0.3) is 0 Å². The number of aromatic nitrogens is 3. The molecule has 5 rings (SSSR count). The number of nitrogens with zero attached hydrogens (tertiary/aromatic N) is 4. The number of rotatable bonds is 4. The zero-order valence-electron chi connectivity index (χ0n) is 17.1. The highest BCUT2D eigenvalue weighted by Crippen LogP contribution is 2.37. The van der Waals surface area contributed by atoms with Gasteiger partial charge in [0.2, 0.25) is 0 Å². The van der Waals surface area contributed by atoms with Crippen molar-refractivity contribution in [2.75, 3.05) is 6.54 Å². The first-order valence-electron chi connectivity index (χ1n) is 10.9. The molecule has 0 saturated carbocycles. The molecule has 1 aromatic carbocycles. The van der Waals surface area contributed by atoms with Gasteiger partial charge in [-0.05, 0) is 62.3 Å². The summed E-state index contributed by atoms with van der Waals surface area (Å²) in [5.41, 5.74) is 10.2. The molecule has 7 nitrogen and oxygen atoms in total. The van der Waals surface area contributed by atoms with Crippen LogP contribution < -0.4 is 5.73 Å². The number of para-hydroxylation sites is 2. The van der Waals surface area contributed by atoms with E-state index in [0.717, 1.165) is 61.1 Å². The van der Waals surface area contributed by atoms with E-state index in [1.165, 1.54) is 5.56 Å². The predicted molar refractivity (Wildman–Crippen MR) is 115 cm³/mol. The van der Waals surface area contributed by atoms with E-state index in [9.17, 15) is 4.79 Å². The van der Waals surface area contributed by atoms with E-state index in [-0.39, 0.29) is 18.2 Å². The van der Waals surface area contributed by atoms with Crippen molar-refractivity contribution in [3.63, 3.8) is 0 Å². The van der Waals surface area contributed by atoms with Gasteiger partial charge in [0.05, 0.1) is 35.5 Å². The topological polar surface area (TPSA) is 91.1 Å². The molecule has 0 spiro atoms. The molecule has 1 aliphatic heterocycles. The molecule has 2 atom stereocenters. The Hall–Kier alpha value is -2.93. The lowest BCUT2D eigenvalue weighted by Gasteiger charge is -2.46. The van der Waals surface area contributed by atoms with Gasteiger partial charge in [-0.3, -0.25) is 9.88 Å². The zero-order valence-corrected chi connectivity index (χ0v) is 17.1. The van der Waals surface area contributed by atoms with Crippen molar-refractivity contribution >= 4 is 17.1 Å². The number of benzene rings is 1. The number of hydrogen-bond acceptors (Lipinski definition) is 4. The summed E-state index contributed by atoms with van der Waals surface area (Å²) in [5, 5.41) is 0. The number of primary amides is 1. The molecule has 1 aliphatic carbocycles. The normalized spacial score (nSPS) is 21.7. The SMILES string of the molecule is NC(=O)N1CCCCC1N(Cc1nc2ccccc2[nH]1)C1CCCc2cccnc21. The van der Waals surface area contributed by atoms with Crippen LogP contribution in [0.15, 0.2) is 42.6 Å². The Balaban J connectivity index is 1.54. The standard InChI is InChI=1S/C23H28N6O/c24-23(30)28-14-4-3-12-21(28)29(15-20-26-17-9-1-2-10-18(17)27-20)19-11-5-7-16-8-6-13-25-22(16)19/h1-2,6,8-10,13,19,21H,3-5,7,11-12,14-15H2,(H2,24,30)(H,26,27). The van der Waals surface area contributed by atoms with Crippen LogP contribution in [0.4, 0.5) is 4.79 Å². The number of piperidine rings is 1. The summed E-state index contributed by atoms with van der Waals surface area (Å²) in [4.78, 5) is 29.6. The predicted octanol–water partition coefficient (Wildman–Crippen LogP) is 3.73. The van der Waals surface area contributed by atoms with E-state index < -0.39 is 0 Å². The minimum absolute atomic E-state index is 0.0394. The minimum Gasteiger partial charge on any atom is -0.351 e. The number of aromatic amines is 1. The molecule has 0 bridgehead atoms. The highest BCUT2D eigenvalue weighted by molar-refractivity contribution is 5.74. The van der Waals surface area contributed by atoms with Crippen LogP contribution in [0, 0.1) is 0 Å². The van der Waals surface area contributed by atoms with Crippen LogP contribution >= 0.6 is 0 Å². The van der Waals surface area contributed by atoms with E-state index in [0.29, 0.717) is 13.1 Å². The maximum atomic E-state index is 12.3. The molecular weight excluding hydrogens is 376 g/mol. The summed E-state index contributed by atoms with van der Waals surface area (Å²) < 4.78 is 0. The molecule has 1 fully saturated rings. The third-order valence-corrected chi connectivity index (χ3v) is 6.47. The van der Waals surface area contributed by atoms with Crippen molar-refractivity contribution in [1.29, 1.82) is 0 Å². The van der Waals surface area contributed by atoms with Gasteiger partial charge in [-0.2, -0.15) is 0 Å². The van der Waals surface area contributed by atoms with Gasteiger partial charge in [0.1, 0.15) is 5.82 Å². The number of fused-ring (bicyclic) bond motifs is 2. The average molecular weight is 405 g/mol. The largest absolute Gasteiger partial charge is 0.351 e. The highest BCUT2D eigenvalue weighted by atomic mass is 16.2. The molecule has 3 aromatic rings. The fourth-order valence-corrected chi connectivity index (χ4v) is 5.10. The average Bonchev–Trinajstić information content (AvgIpc) is 3.20. The third-order valence-electron chi connectivity index (χ3n) is 6.47. The second-order valence-electron chi connectivity index (χ2n) is 8.34. The first-order valence-corrected chi connectivity index (χ1v) is 10.9. The van der Waals surface area contributed by atoms with E-state index in [2.05, 4.69) is 16.0 Å². The van der Waals surface area contributed by atoms with Crippen molar-refractivity contribution in [3.8, 4) is 0 Å². The lowest BCUT2D eigenvalue weighted by Crippen LogP contribution is -2.56. The molecule has 2 unspecified atom stereocenters. The first kappa shape index (κ1) is 19.1. The van der Waals surface area contributed by atoms with Gasteiger partial charge >= 0.3 is 6.03 Å². The number of carbonyl (C=O) groups excluding carboxylic acids is 1. The molecule has 3 N–H and O–H groups in total. The van der Waals surface area contributed by atoms with Gasteiger partial charge in [-0.15, -0.1) is 0 Å². The molecule has 2 aliphatic rings. The van der Waals surface area contributed by atoms with Gasteiger partial charge in [-0.1, -0.05) is 18.2 Å². The number of nitrogens with two attached hydrogens (primary N) is 1.